The molecule has 0 saturated carbocycles. The van der Waals surface area contributed by atoms with Gasteiger partial charge < -0.3 is 0 Å². The molecule has 1 fully saturated rings. The summed E-state index contributed by atoms with van der Waals surface area (Å²) in [5.74, 6) is -1.36. The fourth-order valence-corrected chi connectivity index (χ4v) is 5.63. The number of Topliss-reactive ketones (excluding diaryl/α,β-unsaturated/α-hetero) is 1. The molecule has 0 spiro atoms. The summed E-state index contributed by atoms with van der Waals surface area (Å²) < 4.78 is 38.2. The van der Waals surface area contributed by atoms with E-state index in [4.69, 9.17) is 11.6 Å². The maximum atomic E-state index is 13.8. The minimum absolute atomic E-state index is 0.0465. The van der Waals surface area contributed by atoms with Crippen molar-refractivity contribution in [3.05, 3.63) is 81.4 Å². The van der Waals surface area contributed by atoms with Gasteiger partial charge in [-0.3, -0.25) is 9.59 Å². The SMILES string of the molecule is O=C(C[C@@H]1CCS(=O)(=O)C1)c1cc(-c2ccc(Cl)cc2)nn(-c2cccc(F)c2)c1=O. The van der Waals surface area contributed by atoms with Gasteiger partial charge in [0.05, 0.1) is 28.5 Å². The van der Waals surface area contributed by atoms with Crippen LogP contribution in [0, 0.1) is 11.7 Å². The number of aromatic nitrogens is 2. The molecule has 1 aliphatic heterocycles. The first kappa shape index (κ1) is 21.4. The lowest BCUT2D eigenvalue weighted by Gasteiger charge is -2.12. The largest absolute Gasteiger partial charge is 0.294 e. The molecular formula is C22H18ClFN2O4S. The lowest BCUT2D eigenvalue weighted by Crippen LogP contribution is -2.28. The van der Waals surface area contributed by atoms with E-state index in [1.165, 1.54) is 24.3 Å². The maximum absolute atomic E-state index is 13.8. The first-order chi connectivity index (χ1) is 14.7. The van der Waals surface area contributed by atoms with Gasteiger partial charge in [0.1, 0.15) is 5.82 Å². The number of rotatable bonds is 5. The number of halogens is 2. The fourth-order valence-electron chi connectivity index (χ4n) is 3.64. The van der Waals surface area contributed by atoms with E-state index < -0.39 is 27.0 Å². The van der Waals surface area contributed by atoms with Crippen molar-refractivity contribution in [3.8, 4) is 16.9 Å². The second-order valence-electron chi connectivity index (χ2n) is 7.54. The van der Waals surface area contributed by atoms with Crippen LogP contribution in [0.3, 0.4) is 0 Å². The van der Waals surface area contributed by atoms with Gasteiger partial charge >= 0.3 is 0 Å². The third kappa shape index (κ3) is 4.75. The van der Waals surface area contributed by atoms with Gasteiger partial charge in [0.2, 0.25) is 0 Å². The molecule has 2 aromatic carbocycles. The molecule has 0 N–H and O–H groups in total. The summed E-state index contributed by atoms with van der Waals surface area (Å²) in [6.07, 6.45) is 0.336. The highest BCUT2D eigenvalue weighted by Gasteiger charge is 2.30. The van der Waals surface area contributed by atoms with Crippen molar-refractivity contribution >= 4 is 27.2 Å². The van der Waals surface area contributed by atoms with Crippen molar-refractivity contribution in [2.45, 2.75) is 12.8 Å². The molecule has 0 radical (unpaired) electrons. The minimum atomic E-state index is -3.15. The highest BCUT2D eigenvalue weighted by molar-refractivity contribution is 7.91. The van der Waals surface area contributed by atoms with Crippen LogP contribution in [0.1, 0.15) is 23.2 Å². The minimum Gasteiger partial charge on any atom is -0.294 e. The van der Waals surface area contributed by atoms with Crippen LogP contribution in [0.25, 0.3) is 16.9 Å². The number of hydrogen-bond acceptors (Lipinski definition) is 5. The second-order valence-corrected chi connectivity index (χ2v) is 10.2. The smallest absolute Gasteiger partial charge is 0.282 e. The van der Waals surface area contributed by atoms with Crippen molar-refractivity contribution in [2.75, 3.05) is 11.5 Å². The Morgan fingerprint density at radius 3 is 2.55 bits per heavy atom. The summed E-state index contributed by atoms with van der Waals surface area (Å²) in [5, 5.41) is 4.84. The van der Waals surface area contributed by atoms with E-state index in [-0.39, 0.29) is 35.1 Å². The molecule has 1 aromatic heterocycles. The molecule has 0 unspecified atom stereocenters. The number of nitrogens with zero attached hydrogens (tertiary/aromatic N) is 2. The number of ketones is 1. The Balaban J connectivity index is 1.80. The molecule has 6 nitrogen and oxygen atoms in total. The van der Waals surface area contributed by atoms with Crippen molar-refractivity contribution in [3.63, 3.8) is 0 Å². The first-order valence-corrected chi connectivity index (χ1v) is 11.8. The van der Waals surface area contributed by atoms with Gasteiger partial charge in [-0.05, 0) is 48.7 Å². The highest BCUT2D eigenvalue weighted by Crippen LogP contribution is 2.25. The number of carbonyl (C=O) groups is 1. The van der Waals surface area contributed by atoms with Crippen LogP contribution in [-0.4, -0.2) is 35.5 Å². The summed E-state index contributed by atoms with van der Waals surface area (Å²) in [5.41, 5.74) is 0.330. The Morgan fingerprint density at radius 1 is 1.16 bits per heavy atom. The average Bonchev–Trinajstić information content (AvgIpc) is 3.07. The third-order valence-electron chi connectivity index (χ3n) is 5.21. The molecule has 0 amide bonds. The lowest BCUT2D eigenvalue weighted by molar-refractivity contribution is 0.0963. The molecule has 0 bridgehead atoms. The summed E-state index contributed by atoms with van der Waals surface area (Å²) in [6.45, 7) is 0. The quantitative estimate of drug-likeness (QED) is 0.542. The van der Waals surface area contributed by atoms with Gasteiger partial charge in [0, 0.05) is 17.0 Å². The van der Waals surface area contributed by atoms with E-state index in [0.29, 0.717) is 22.7 Å². The molecule has 3 aromatic rings. The Morgan fingerprint density at radius 2 is 1.90 bits per heavy atom. The lowest BCUT2D eigenvalue weighted by atomic mass is 9.98. The van der Waals surface area contributed by atoms with E-state index in [9.17, 15) is 22.4 Å². The molecule has 4 rings (SSSR count). The Bertz CT molecular complexity index is 1320. The topological polar surface area (TPSA) is 86.1 Å². The molecule has 31 heavy (non-hydrogen) atoms. The van der Waals surface area contributed by atoms with Crippen LogP contribution in [0.4, 0.5) is 4.39 Å². The Labute approximate surface area is 183 Å². The molecule has 9 heteroatoms. The van der Waals surface area contributed by atoms with Gasteiger partial charge in [-0.2, -0.15) is 9.78 Å². The predicted molar refractivity (Wildman–Crippen MR) is 116 cm³/mol. The molecule has 160 valence electrons. The highest BCUT2D eigenvalue weighted by atomic mass is 35.5. The molecular weight excluding hydrogens is 443 g/mol. The average molecular weight is 461 g/mol. The second kappa shape index (κ2) is 8.36. The van der Waals surface area contributed by atoms with Crippen LogP contribution in [0.15, 0.2) is 59.4 Å². The van der Waals surface area contributed by atoms with Crippen molar-refractivity contribution < 1.29 is 17.6 Å². The van der Waals surface area contributed by atoms with Crippen molar-refractivity contribution in [1.82, 2.24) is 9.78 Å². The van der Waals surface area contributed by atoms with E-state index in [0.717, 1.165) is 10.7 Å². The maximum Gasteiger partial charge on any atom is 0.282 e. The fraction of sp³-hybridized carbons (Fsp3) is 0.227. The number of sulfone groups is 1. The predicted octanol–water partition coefficient (Wildman–Crippen LogP) is 3.70. The number of carbonyl (C=O) groups excluding carboxylic acids is 1. The number of hydrogen-bond donors (Lipinski definition) is 0. The van der Waals surface area contributed by atoms with Crippen molar-refractivity contribution in [2.24, 2.45) is 5.92 Å². The first-order valence-electron chi connectivity index (χ1n) is 9.62. The van der Waals surface area contributed by atoms with Gasteiger partial charge in [0.25, 0.3) is 5.56 Å². The zero-order chi connectivity index (χ0) is 22.2. The monoisotopic (exact) mass is 460 g/mol. The molecule has 1 atom stereocenters. The van der Waals surface area contributed by atoms with Gasteiger partial charge in [-0.15, -0.1) is 0 Å². The third-order valence-corrected chi connectivity index (χ3v) is 7.29. The number of benzene rings is 2. The van der Waals surface area contributed by atoms with Crippen molar-refractivity contribution in [1.29, 1.82) is 0 Å². The summed E-state index contributed by atoms with van der Waals surface area (Å²) in [7, 11) is -3.15. The van der Waals surface area contributed by atoms with Gasteiger partial charge in [0.15, 0.2) is 15.6 Å². The van der Waals surface area contributed by atoms with E-state index in [1.807, 2.05) is 0 Å². The Kier molecular flexibility index (Phi) is 5.77. The van der Waals surface area contributed by atoms with Crippen LogP contribution >= 0.6 is 11.6 Å². The molecule has 2 heterocycles. The van der Waals surface area contributed by atoms with E-state index >= 15 is 0 Å². The summed E-state index contributed by atoms with van der Waals surface area (Å²) in [6, 6.07) is 13.4. The van der Waals surface area contributed by atoms with Crippen LogP contribution in [0.5, 0.6) is 0 Å². The van der Waals surface area contributed by atoms with Gasteiger partial charge in [-0.1, -0.05) is 29.8 Å². The van der Waals surface area contributed by atoms with Crippen LogP contribution in [0.2, 0.25) is 5.02 Å². The summed E-state index contributed by atoms with van der Waals surface area (Å²) >= 11 is 5.95. The van der Waals surface area contributed by atoms with E-state index in [2.05, 4.69) is 5.10 Å². The molecule has 1 aliphatic rings. The normalized spacial score (nSPS) is 17.5. The molecule has 0 aliphatic carbocycles. The zero-order valence-corrected chi connectivity index (χ0v) is 17.9. The van der Waals surface area contributed by atoms with Gasteiger partial charge in [-0.25, -0.2) is 12.8 Å². The van der Waals surface area contributed by atoms with E-state index in [1.54, 1.807) is 24.3 Å². The molecule has 1 saturated heterocycles. The van der Waals surface area contributed by atoms with Crippen LogP contribution < -0.4 is 5.56 Å². The Hall–Kier alpha value is -2.84. The van der Waals surface area contributed by atoms with Crippen LogP contribution in [-0.2, 0) is 9.84 Å². The standard InChI is InChI=1S/C22H18ClFN2O4S/c23-16-6-4-15(5-7-16)20-12-19(21(27)10-14-8-9-31(29,30)13-14)22(28)26(25-20)18-3-1-2-17(24)11-18/h1-7,11-12,14H,8-10,13H2/t14-/m0/s1. The zero-order valence-electron chi connectivity index (χ0n) is 16.3. The summed E-state index contributed by atoms with van der Waals surface area (Å²) in [4.78, 5) is 26.1.